The maximum absolute atomic E-state index is 13.9. The number of nitrogens with one attached hydrogen (secondary N) is 1. The summed E-state index contributed by atoms with van der Waals surface area (Å²) < 4.78 is 11.0. The smallest absolute Gasteiger partial charge is 0.251 e. The molecule has 196 valence electrons. The Morgan fingerprint density at radius 1 is 1.11 bits per heavy atom. The standard InChI is InChI=1S/C28H30N6O4/c1-19-9-11-20(12-10-19)27-30-32-33(31-27)18-25(35)34(22-13-15-23(37-2)16-14-22)26(24-8-5-17-38-24)28(36)29-21-6-3-4-7-21/h5,8-17,21,26H,3-4,6-7,18H2,1-2H3,(H,29,36)/t26-/m0/s1. The number of ether oxygens (including phenoxy) is 1. The molecule has 0 unspecified atom stereocenters. The number of nitrogens with zero attached hydrogens (tertiary/aromatic N) is 5. The molecule has 0 bridgehead atoms. The van der Waals surface area contributed by atoms with Crippen molar-refractivity contribution < 1.29 is 18.7 Å². The molecule has 2 aromatic carbocycles. The van der Waals surface area contributed by atoms with Crippen LogP contribution in [0.5, 0.6) is 5.75 Å². The first kappa shape index (κ1) is 25.2. The monoisotopic (exact) mass is 514 g/mol. The van der Waals surface area contributed by atoms with Gasteiger partial charge in [-0.05, 0) is 61.4 Å². The molecule has 2 heterocycles. The van der Waals surface area contributed by atoms with Gasteiger partial charge in [-0.3, -0.25) is 14.5 Å². The van der Waals surface area contributed by atoms with E-state index < -0.39 is 11.9 Å². The van der Waals surface area contributed by atoms with Gasteiger partial charge in [0, 0.05) is 17.3 Å². The Hall–Kier alpha value is -4.47. The molecular formula is C28H30N6O4. The summed E-state index contributed by atoms with van der Waals surface area (Å²) in [5.41, 5.74) is 2.43. The number of carbonyl (C=O) groups excluding carboxylic acids is 2. The van der Waals surface area contributed by atoms with Gasteiger partial charge in [0.15, 0.2) is 6.04 Å². The topological polar surface area (TPSA) is 115 Å². The molecule has 1 aliphatic carbocycles. The fraction of sp³-hybridized carbons (Fsp3) is 0.321. The molecule has 0 spiro atoms. The van der Waals surface area contributed by atoms with Crippen molar-refractivity contribution in [1.29, 1.82) is 0 Å². The highest BCUT2D eigenvalue weighted by Gasteiger charge is 2.36. The third kappa shape index (κ3) is 5.59. The van der Waals surface area contributed by atoms with Crippen LogP contribution in [0.2, 0.25) is 0 Å². The summed E-state index contributed by atoms with van der Waals surface area (Å²) >= 11 is 0. The van der Waals surface area contributed by atoms with Crippen LogP contribution in [-0.4, -0.2) is 45.2 Å². The summed E-state index contributed by atoms with van der Waals surface area (Å²) in [5, 5.41) is 15.7. The minimum absolute atomic E-state index is 0.0711. The molecule has 0 aliphatic heterocycles. The first-order valence-electron chi connectivity index (χ1n) is 12.7. The van der Waals surface area contributed by atoms with E-state index in [1.165, 1.54) is 16.0 Å². The fourth-order valence-electron chi connectivity index (χ4n) is 4.68. The van der Waals surface area contributed by atoms with Crippen molar-refractivity contribution in [3.8, 4) is 17.1 Å². The van der Waals surface area contributed by atoms with Crippen molar-refractivity contribution >= 4 is 17.5 Å². The van der Waals surface area contributed by atoms with Crippen LogP contribution in [0, 0.1) is 6.92 Å². The van der Waals surface area contributed by atoms with E-state index in [-0.39, 0.29) is 18.5 Å². The molecule has 4 aromatic rings. The summed E-state index contributed by atoms with van der Waals surface area (Å²) in [7, 11) is 1.57. The predicted octanol–water partition coefficient (Wildman–Crippen LogP) is 4.08. The first-order valence-corrected chi connectivity index (χ1v) is 12.7. The number of amides is 2. The summed E-state index contributed by atoms with van der Waals surface area (Å²) in [6, 6.07) is 17.1. The second-order valence-corrected chi connectivity index (χ2v) is 9.38. The third-order valence-electron chi connectivity index (χ3n) is 6.68. The van der Waals surface area contributed by atoms with Crippen molar-refractivity contribution in [3.63, 3.8) is 0 Å². The molecule has 2 amide bonds. The van der Waals surface area contributed by atoms with Gasteiger partial charge in [0.05, 0.1) is 13.4 Å². The highest BCUT2D eigenvalue weighted by molar-refractivity contribution is 6.01. The van der Waals surface area contributed by atoms with Gasteiger partial charge in [0.25, 0.3) is 11.8 Å². The van der Waals surface area contributed by atoms with Crippen LogP contribution in [0.3, 0.4) is 0 Å². The van der Waals surface area contributed by atoms with Gasteiger partial charge < -0.3 is 14.5 Å². The number of rotatable bonds is 9. The van der Waals surface area contributed by atoms with Crippen LogP contribution in [-0.2, 0) is 16.1 Å². The molecule has 38 heavy (non-hydrogen) atoms. The lowest BCUT2D eigenvalue weighted by Crippen LogP contribution is -2.47. The third-order valence-corrected chi connectivity index (χ3v) is 6.68. The number of benzene rings is 2. The number of aromatic nitrogens is 4. The van der Waals surface area contributed by atoms with E-state index >= 15 is 0 Å². The Balaban J connectivity index is 1.47. The summed E-state index contributed by atoms with van der Waals surface area (Å²) in [5.74, 6) is 0.701. The van der Waals surface area contributed by atoms with Gasteiger partial charge in [0.1, 0.15) is 18.1 Å². The normalized spacial score (nSPS) is 14.3. The average molecular weight is 515 g/mol. The number of methoxy groups -OCH3 is 1. The number of carbonyl (C=O) groups is 2. The highest BCUT2D eigenvalue weighted by Crippen LogP contribution is 2.31. The minimum atomic E-state index is -1.02. The van der Waals surface area contributed by atoms with E-state index in [1.54, 1.807) is 43.5 Å². The quantitative estimate of drug-likeness (QED) is 0.358. The number of aryl methyl sites for hydroxylation is 1. The zero-order valence-electron chi connectivity index (χ0n) is 21.4. The molecule has 10 heteroatoms. The van der Waals surface area contributed by atoms with Gasteiger partial charge in [-0.15, -0.1) is 10.2 Å². The van der Waals surface area contributed by atoms with Crippen LogP contribution >= 0.6 is 0 Å². The molecule has 2 aromatic heterocycles. The lowest BCUT2D eigenvalue weighted by molar-refractivity contribution is -0.128. The lowest BCUT2D eigenvalue weighted by Gasteiger charge is -2.30. The maximum Gasteiger partial charge on any atom is 0.251 e. The van der Waals surface area contributed by atoms with Crippen molar-refractivity contribution in [1.82, 2.24) is 25.5 Å². The zero-order chi connectivity index (χ0) is 26.5. The Bertz CT molecular complexity index is 1360. The Morgan fingerprint density at radius 3 is 2.50 bits per heavy atom. The SMILES string of the molecule is COc1ccc(N(C(=O)Cn2nnc(-c3ccc(C)cc3)n2)[C@H](C(=O)NC2CCCC2)c2ccco2)cc1. The van der Waals surface area contributed by atoms with E-state index in [9.17, 15) is 9.59 Å². The van der Waals surface area contributed by atoms with Gasteiger partial charge in [-0.2, -0.15) is 4.80 Å². The van der Waals surface area contributed by atoms with Crippen LogP contribution < -0.4 is 15.0 Å². The molecule has 5 rings (SSSR count). The summed E-state index contributed by atoms with van der Waals surface area (Å²) in [6.45, 7) is 1.78. The largest absolute Gasteiger partial charge is 0.497 e. The Morgan fingerprint density at radius 2 is 1.84 bits per heavy atom. The van der Waals surface area contributed by atoms with Gasteiger partial charge >= 0.3 is 0 Å². The van der Waals surface area contributed by atoms with Crippen molar-refractivity contribution in [2.45, 2.75) is 51.2 Å². The molecular weight excluding hydrogens is 484 g/mol. The van der Waals surface area contributed by atoms with E-state index in [2.05, 4.69) is 20.7 Å². The molecule has 1 atom stereocenters. The van der Waals surface area contributed by atoms with Crippen LogP contribution in [0.25, 0.3) is 11.4 Å². The maximum atomic E-state index is 13.9. The van der Waals surface area contributed by atoms with Crippen molar-refractivity contribution in [2.75, 3.05) is 12.0 Å². The fourth-order valence-corrected chi connectivity index (χ4v) is 4.68. The summed E-state index contributed by atoms with van der Waals surface area (Å²) in [4.78, 5) is 30.2. The van der Waals surface area contributed by atoms with E-state index in [1.807, 2.05) is 31.2 Å². The lowest BCUT2D eigenvalue weighted by atomic mass is 10.1. The van der Waals surface area contributed by atoms with Crippen LogP contribution in [0.1, 0.15) is 43.0 Å². The second kappa shape index (κ2) is 11.3. The van der Waals surface area contributed by atoms with Gasteiger partial charge in [-0.1, -0.05) is 42.7 Å². The molecule has 1 fully saturated rings. The second-order valence-electron chi connectivity index (χ2n) is 9.38. The molecule has 0 radical (unpaired) electrons. The van der Waals surface area contributed by atoms with Crippen LogP contribution in [0.4, 0.5) is 5.69 Å². The molecule has 1 N–H and O–H groups in total. The number of furan rings is 1. The van der Waals surface area contributed by atoms with Gasteiger partial charge in [-0.25, -0.2) is 0 Å². The Labute approximate surface area is 220 Å². The Kier molecular flexibility index (Phi) is 7.48. The molecule has 0 saturated heterocycles. The first-order chi connectivity index (χ1) is 18.5. The van der Waals surface area contributed by atoms with Gasteiger partial charge in [0.2, 0.25) is 5.82 Å². The average Bonchev–Trinajstić information content (AvgIpc) is 3.72. The number of hydrogen-bond acceptors (Lipinski definition) is 7. The van der Waals surface area contributed by atoms with E-state index in [0.717, 1.165) is 36.8 Å². The van der Waals surface area contributed by atoms with E-state index in [0.29, 0.717) is 23.0 Å². The predicted molar refractivity (Wildman–Crippen MR) is 140 cm³/mol. The van der Waals surface area contributed by atoms with Crippen molar-refractivity contribution in [2.24, 2.45) is 0 Å². The minimum Gasteiger partial charge on any atom is -0.497 e. The highest BCUT2D eigenvalue weighted by atomic mass is 16.5. The molecule has 10 nitrogen and oxygen atoms in total. The van der Waals surface area contributed by atoms with Crippen LogP contribution in [0.15, 0.2) is 71.3 Å². The molecule has 1 saturated carbocycles. The number of anilines is 1. The molecule has 1 aliphatic rings. The number of tetrazole rings is 1. The zero-order valence-corrected chi connectivity index (χ0v) is 21.4. The van der Waals surface area contributed by atoms with Crippen molar-refractivity contribution in [3.05, 3.63) is 78.3 Å². The number of hydrogen-bond donors (Lipinski definition) is 1. The van der Waals surface area contributed by atoms with E-state index in [4.69, 9.17) is 9.15 Å². The summed E-state index contributed by atoms with van der Waals surface area (Å²) in [6.07, 6.45) is 5.46.